The standard InChI is InChI=1S/C15H30BrNO/c1-14-9-12-17(13-15(14)18)11-8-6-4-2-3-5-7-10-16/h14-15,18H,2-13H2,1H3. The second-order valence-corrected chi connectivity index (χ2v) is 6.59. The molecule has 0 aromatic rings. The topological polar surface area (TPSA) is 23.5 Å². The van der Waals surface area contributed by atoms with Crippen molar-refractivity contribution >= 4 is 15.9 Å². The summed E-state index contributed by atoms with van der Waals surface area (Å²) in [6.45, 7) is 5.43. The van der Waals surface area contributed by atoms with Crippen LogP contribution in [0.5, 0.6) is 0 Å². The first-order chi connectivity index (χ1) is 8.74. The van der Waals surface area contributed by atoms with Gasteiger partial charge in [-0.1, -0.05) is 55.0 Å². The van der Waals surface area contributed by atoms with Gasteiger partial charge in [0, 0.05) is 11.9 Å². The number of nitrogens with zero attached hydrogens (tertiary/aromatic N) is 1. The Labute approximate surface area is 121 Å². The van der Waals surface area contributed by atoms with Crippen LogP contribution in [0, 0.1) is 5.92 Å². The molecule has 0 amide bonds. The summed E-state index contributed by atoms with van der Waals surface area (Å²) in [5.74, 6) is 0.496. The van der Waals surface area contributed by atoms with Crippen LogP contribution in [-0.4, -0.2) is 41.1 Å². The van der Waals surface area contributed by atoms with Crippen molar-refractivity contribution in [1.29, 1.82) is 0 Å². The Morgan fingerprint density at radius 3 is 2.28 bits per heavy atom. The van der Waals surface area contributed by atoms with E-state index < -0.39 is 0 Å². The molecule has 1 heterocycles. The molecule has 18 heavy (non-hydrogen) atoms. The summed E-state index contributed by atoms with van der Waals surface area (Å²) in [4.78, 5) is 2.44. The zero-order chi connectivity index (χ0) is 13.2. The van der Waals surface area contributed by atoms with Gasteiger partial charge < -0.3 is 10.0 Å². The summed E-state index contributed by atoms with van der Waals surface area (Å²) in [6.07, 6.45) is 10.6. The lowest BCUT2D eigenvalue weighted by molar-refractivity contribution is 0.0286. The van der Waals surface area contributed by atoms with Gasteiger partial charge in [-0.3, -0.25) is 0 Å². The Morgan fingerprint density at radius 1 is 1.06 bits per heavy atom. The zero-order valence-corrected chi connectivity index (χ0v) is 13.5. The highest BCUT2D eigenvalue weighted by Gasteiger charge is 2.23. The van der Waals surface area contributed by atoms with Gasteiger partial charge in [0.05, 0.1) is 6.10 Å². The molecule has 108 valence electrons. The number of hydrogen-bond acceptors (Lipinski definition) is 2. The highest BCUT2D eigenvalue weighted by molar-refractivity contribution is 9.09. The van der Waals surface area contributed by atoms with Gasteiger partial charge in [-0.05, 0) is 38.3 Å². The normalized spacial score (nSPS) is 25.5. The molecule has 2 unspecified atom stereocenters. The van der Waals surface area contributed by atoms with Gasteiger partial charge in [0.25, 0.3) is 0 Å². The number of rotatable bonds is 9. The molecule has 0 bridgehead atoms. The molecule has 1 saturated heterocycles. The quantitative estimate of drug-likeness (QED) is 0.516. The van der Waals surface area contributed by atoms with Gasteiger partial charge >= 0.3 is 0 Å². The fraction of sp³-hybridized carbons (Fsp3) is 1.00. The number of β-amino-alcohol motifs (C(OH)–C–C–N with tert-alkyl or cyclic N) is 1. The van der Waals surface area contributed by atoms with Crippen LogP contribution in [0.15, 0.2) is 0 Å². The molecule has 0 saturated carbocycles. The Hall–Kier alpha value is 0.400. The maximum Gasteiger partial charge on any atom is 0.0693 e. The van der Waals surface area contributed by atoms with Gasteiger partial charge in [-0.15, -0.1) is 0 Å². The Morgan fingerprint density at radius 2 is 1.67 bits per heavy atom. The molecule has 2 atom stereocenters. The molecule has 0 aliphatic carbocycles. The van der Waals surface area contributed by atoms with Crippen molar-refractivity contribution in [3.05, 3.63) is 0 Å². The first kappa shape index (κ1) is 16.5. The molecule has 2 nitrogen and oxygen atoms in total. The van der Waals surface area contributed by atoms with Gasteiger partial charge in [0.15, 0.2) is 0 Å². The Bertz CT molecular complexity index is 201. The highest BCUT2D eigenvalue weighted by Crippen LogP contribution is 2.17. The number of hydrogen-bond donors (Lipinski definition) is 1. The summed E-state index contributed by atoms with van der Waals surface area (Å²) in [5.41, 5.74) is 0. The largest absolute Gasteiger partial charge is 0.392 e. The zero-order valence-electron chi connectivity index (χ0n) is 11.9. The van der Waals surface area contributed by atoms with Crippen LogP contribution in [0.4, 0.5) is 0 Å². The smallest absolute Gasteiger partial charge is 0.0693 e. The van der Waals surface area contributed by atoms with Crippen LogP contribution in [0.2, 0.25) is 0 Å². The SMILES string of the molecule is CC1CCN(CCCCCCCCCBr)CC1O. The molecule has 3 heteroatoms. The molecular weight excluding hydrogens is 290 g/mol. The minimum absolute atomic E-state index is 0.0944. The Balaban J connectivity index is 1.89. The number of halogens is 1. The maximum absolute atomic E-state index is 9.83. The van der Waals surface area contributed by atoms with Gasteiger partial charge in [0.2, 0.25) is 0 Å². The van der Waals surface area contributed by atoms with E-state index in [1.54, 1.807) is 0 Å². The van der Waals surface area contributed by atoms with Gasteiger partial charge in [0.1, 0.15) is 0 Å². The van der Waals surface area contributed by atoms with Crippen LogP contribution in [0.25, 0.3) is 0 Å². The molecule has 0 aromatic heterocycles. The van der Waals surface area contributed by atoms with E-state index in [1.807, 2.05) is 0 Å². The van der Waals surface area contributed by atoms with Crippen LogP contribution in [0.1, 0.15) is 58.3 Å². The first-order valence-electron chi connectivity index (χ1n) is 7.70. The molecular formula is C15H30BrNO. The third kappa shape index (κ3) is 7.10. The third-order valence-electron chi connectivity index (χ3n) is 4.11. The predicted molar refractivity (Wildman–Crippen MR) is 82.3 cm³/mol. The number of aliphatic hydroxyl groups is 1. The first-order valence-corrected chi connectivity index (χ1v) is 8.82. The van der Waals surface area contributed by atoms with E-state index in [-0.39, 0.29) is 6.10 Å². The summed E-state index contributed by atoms with van der Waals surface area (Å²) in [7, 11) is 0. The number of alkyl halides is 1. The minimum atomic E-state index is -0.0944. The predicted octanol–water partition coefficient (Wildman–Crippen LogP) is 3.81. The van der Waals surface area contributed by atoms with E-state index in [0.29, 0.717) is 5.92 Å². The van der Waals surface area contributed by atoms with E-state index in [2.05, 4.69) is 27.8 Å². The van der Waals surface area contributed by atoms with Crippen molar-refractivity contribution in [3.8, 4) is 0 Å². The highest BCUT2D eigenvalue weighted by atomic mass is 79.9. The van der Waals surface area contributed by atoms with Crippen LogP contribution in [-0.2, 0) is 0 Å². The summed E-state index contributed by atoms with van der Waals surface area (Å²) < 4.78 is 0. The lowest BCUT2D eigenvalue weighted by atomic mass is 9.96. The average molecular weight is 320 g/mol. The summed E-state index contributed by atoms with van der Waals surface area (Å²) in [6, 6.07) is 0. The molecule has 0 radical (unpaired) electrons. The van der Waals surface area contributed by atoms with Crippen LogP contribution in [0.3, 0.4) is 0 Å². The fourth-order valence-electron chi connectivity index (χ4n) is 2.63. The monoisotopic (exact) mass is 319 g/mol. The van der Waals surface area contributed by atoms with E-state index in [0.717, 1.165) is 18.3 Å². The van der Waals surface area contributed by atoms with Gasteiger partial charge in [-0.25, -0.2) is 0 Å². The van der Waals surface area contributed by atoms with E-state index in [9.17, 15) is 5.11 Å². The van der Waals surface area contributed by atoms with E-state index in [1.165, 1.54) is 58.0 Å². The van der Waals surface area contributed by atoms with Crippen molar-refractivity contribution in [3.63, 3.8) is 0 Å². The Kier molecular flexibility index (Phi) is 9.34. The molecule has 1 rings (SSSR count). The number of unbranched alkanes of at least 4 members (excludes halogenated alkanes) is 6. The second-order valence-electron chi connectivity index (χ2n) is 5.80. The van der Waals surface area contributed by atoms with Crippen molar-refractivity contribution in [2.24, 2.45) is 5.92 Å². The number of likely N-dealkylation sites (tertiary alicyclic amines) is 1. The number of piperidine rings is 1. The lowest BCUT2D eigenvalue weighted by Gasteiger charge is -2.34. The van der Waals surface area contributed by atoms with Gasteiger partial charge in [-0.2, -0.15) is 0 Å². The molecule has 1 fully saturated rings. The molecule has 0 spiro atoms. The molecule has 0 aromatic carbocycles. The van der Waals surface area contributed by atoms with Crippen molar-refractivity contribution in [2.75, 3.05) is 25.0 Å². The maximum atomic E-state index is 9.83. The molecule has 1 N–H and O–H groups in total. The van der Waals surface area contributed by atoms with Crippen molar-refractivity contribution < 1.29 is 5.11 Å². The molecule has 1 aliphatic heterocycles. The second kappa shape index (κ2) is 10.2. The lowest BCUT2D eigenvalue weighted by Crippen LogP contribution is -2.43. The average Bonchev–Trinajstić information content (AvgIpc) is 2.37. The van der Waals surface area contributed by atoms with E-state index in [4.69, 9.17) is 0 Å². The van der Waals surface area contributed by atoms with E-state index >= 15 is 0 Å². The van der Waals surface area contributed by atoms with Crippen LogP contribution < -0.4 is 0 Å². The van der Waals surface area contributed by atoms with Crippen LogP contribution >= 0.6 is 15.9 Å². The van der Waals surface area contributed by atoms with Crippen molar-refractivity contribution in [2.45, 2.75) is 64.4 Å². The molecule has 1 aliphatic rings. The fourth-order valence-corrected chi connectivity index (χ4v) is 3.03. The van der Waals surface area contributed by atoms with Crippen molar-refractivity contribution in [1.82, 2.24) is 4.90 Å². The minimum Gasteiger partial charge on any atom is -0.392 e. The number of aliphatic hydroxyl groups excluding tert-OH is 1. The summed E-state index contributed by atoms with van der Waals surface area (Å²) >= 11 is 3.47. The summed E-state index contributed by atoms with van der Waals surface area (Å²) in [5, 5.41) is 11.0. The third-order valence-corrected chi connectivity index (χ3v) is 4.67.